The second-order valence-corrected chi connectivity index (χ2v) is 4.65. The quantitative estimate of drug-likeness (QED) is 0.462. The minimum Gasteiger partial charge on any atom is -0.484 e. The lowest BCUT2D eigenvalue weighted by Crippen LogP contribution is -2.22. The Morgan fingerprint density at radius 2 is 2.00 bits per heavy atom. The van der Waals surface area contributed by atoms with E-state index in [-0.39, 0.29) is 24.6 Å². The number of halogens is 1. The SMILES string of the molecule is CC(C)(C)OCCOc1cccc(F)c1[N+](=O)[O-]. The van der Waals surface area contributed by atoms with Gasteiger partial charge in [-0.1, -0.05) is 6.07 Å². The van der Waals surface area contributed by atoms with E-state index in [2.05, 4.69) is 0 Å². The van der Waals surface area contributed by atoms with Crippen LogP contribution in [0.15, 0.2) is 18.2 Å². The molecule has 0 spiro atoms. The number of rotatable bonds is 5. The van der Waals surface area contributed by atoms with Crippen LogP contribution in [-0.4, -0.2) is 23.7 Å². The van der Waals surface area contributed by atoms with Crippen LogP contribution in [0.4, 0.5) is 10.1 Å². The third-order valence-corrected chi connectivity index (χ3v) is 2.01. The molecule has 0 unspecified atom stereocenters. The Bertz CT molecular complexity index is 429. The van der Waals surface area contributed by atoms with Crippen molar-refractivity contribution in [2.45, 2.75) is 26.4 Å². The Kier molecular flexibility index (Phi) is 4.61. The van der Waals surface area contributed by atoms with Crippen LogP contribution in [0.5, 0.6) is 5.75 Å². The summed E-state index contributed by atoms with van der Waals surface area (Å²) in [7, 11) is 0. The zero-order valence-electron chi connectivity index (χ0n) is 10.6. The lowest BCUT2D eigenvalue weighted by Gasteiger charge is -2.19. The number of para-hydroxylation sites is 1. The zero-order valence-corrected chi connectivity index (χ0v) is 10.6. The first-order chi connectivity index (χ1) is 8.31. The van der Waals surface area contributed by atoms with Gasteiger partial charge in [0.15, 0.2) is 5.75 Å². The van der Waals surface area contributed by atoms with Gasteiger partial charge in [0.1, 0.15) is 6.61 Å². The van der Waals surface area contributed by atoms with E-state index in [4.69, 9.17) is 9.47 Å². The monoisotopic (exact) mass is 257 g/mol. The topological polar surface area (TPSA) is 61.6 Å². The fourth-order valence-electron chi connectivity index (χ4n) is 1.29. The lowest BCUT2D eigenvalue weighted by atomic mass is 10.2. The first kappa shape index (κ1) is 14.4. The van der Waals surface area contributed by atoms with Gasteiger partial charge in [0.05, 0.1) is 17.1 Å². The maximum atomic E-state index is 13.2. The van der Waals surface area contributed by atoms with Gasteiger partial charge in [-0.25, -0.2) is 0 Å². The summed E-state index contributed by atoms with van der Waals surface area (Å²) in [6.07, 6.45) is 0. The van der Waals surface area contributed by atoms with Crippen LogP contribution in [0.25, 0.3) is 0 Å². The van der Waals surface area contributed by atoms with E-state index in [1.54, 1.807) is 0 Å². The Morgan fingerprint density at radius 3 is 2.56 bits per heavy atom. The minimum absolute atomic E-state index is 0.0856. The van der Waals surface area contributed by atoms with Crippen LogP contribution in [-0.2, 0) is 4.74 Å². The average molecular weight is 257 g/mol. The third kappa shape index (κ3) is 4.29. The summed E-state index contributed by atoms with van der Waals surface area (Å²) in [5.41, 5.74) is -0.953. The van der Waals surface area contributed by atoms with Crippen LogP contribution >= 0.6 is 0 Å². The van der Waals surface area contributed by atoms with Gasteiger partial charge in [-0.2, -0.15) is 4.39 Å². The van der Waals surface area contributed by atoms with E-state index in [0.717, 1.165) is 6.07 Å². The predicted molar refractivity (Wildman–Crippen MR) is 64.3 cm³/mol. The van der Waals surface area contributed by atoms with Crippen LogP contribution < -0.4 is 4.74 Å². The Labute approximate surface area is 105 Å². The molecular formula is C12H16FNO4. The van der Waals surface area contributed by atoms with Crippen molar-refractivity contribution < 1.29 is 18.8 Å². The Balaban J connectivity index is 2.63. The molecule has 6 heteroatoms. The molecule has 0 fully saturated rings. The highest BCUT2D eigenvalue weighted by atomic mass is 19.1. The first-order valence-corrected chi connectivity index (χ1v) is 5.51. The van der Waals surface area contributed by atoms with Crippen molar-refractivity contribution in [1.82, 2.24) is 0 Å². The second kappa shape index (κ2) is 5.77. The van der Waals surface area contributed by atoms with Crippen molar-refractivity contribution in [2.24, 2.45) is 0 Å². The van der Waals surface area contributed by atoms with Gasteiger partial charge in [0, 0.05) is 0 Å². The summed E-state index contributed by atoms with van der Waals surface area (Å²) in [5, 5.41) is 10.7. The fraction of sp³-hybridized carbons (Fsp3) is 0.500. The van der Waals surface area contributed by atoms with Gasteiger partial charge in [-0.3, -0.25) is 10.1 Å². The van der Waals surface area contributed by atoms with E-state index < -0.39 is 16.4 Å². The van der Waals surface area contributed by atoms with Crippen molar-refractivity contribution in [3.05, 3.63) is 34.1 Å². The van der Waals surface area contributed by atoms with Crippen LogP contribution in [0, 0.1) is 15.9 Å². The van der Waals surface area contributed by atoms with Crippen LogP contribution in [0.2, 0.25) is 0 Å². The Morgan fingerprint density at radius 1 is 1.33 bits per heavy atom. The van der Waals surface area contributed by atoms with Gasteiger partial charge in [0.2, 0.25) is 5.82 Å². The molecule has 0 aromatic heterocycles. The first-order valence-electron chi connectivity index (χ1n) is 5.51. The molecule has 5 nitrogen and oxygen atoms in total. The highest BCUT2D eigenvalue weighted by Crippen LogP contribution is 2.29. The van der Waals surface area contributed by atoms with Crippen molar-refractivity contribution in [2.75, 3.05) is 13.2 Å². The summed E-state index contributed by atoms with van der Waals surface area (Å²) in [5.74, 6) is -0.994. The molecule has 0 saturated carbocycles. The summed E-state index contributed by atoms with van der Waals surface area (Å²) in [6, 6.07) is 3.75. The van der Waals surface area contributed by atoms with Gasteiger partial charge < -0.3 is 9.47 Å². The van der Waals surface area contributed by atoms with Crippen molar-refractivity contribution >= 4 is 5.69 Å². The number of benzene rings is 1. The highest BCUT2D eigenvalue weighted by molar-refractivity contribution is 5.47. The number of hydrogen-bond donors (Lipinski definition) is 0. The number of nitrogens with zero attached hydrogens (tertiary/aromatic N) is 1. The van der Waals surface area contributed by atoms with Gasteiger partial charge in [0.25, 0.3) is 0 Å². The molecule has 0 saturated heterocycles. The Hall–Kier alpha value is -1.69. The largest absolute Gasteiger partial charge is 0.484 e. The van der Waals surface area contributed by atoms with Crippen LogP contribution in [0.3, 0.4) is 0 Å². The summed E-state index contributed by atoms with van der Waals surface area (Å²) in [4.78, 5) is 9.89. The fourth-order valence-corrected chi connectivity index (χ4v) is 1.29. The van der Waals surface area contributed by atoms with E-state index in [0.29, 0.717) is 0 Å². The molecule has 0 atom stereocenters. The van der Waals surface area contributed by atoms with E-state index >= 15 is 0 Å². The summed E-state index contributed by atoms with van der Waals surface area (Å²) >= 11 is 0. The molecule has 1 aromatic carbocycles. The molecule has 18 heavy (non-hydrogen) atoms. The van der Waals surface area contributed by atoms with Gasteiger partial charge >= 0.3 is 5.69 Å². The van der Waals surface area contributed by atoms with Crippen molar-refractivity contribution in [1.29, 1.82) is 0 Å². The molecule has 0 N–H and O–H groups in total. The molecule has 0 radical (unpaired) electrons. The molecule has 0 heterocycles. The van der Waals surface area contributed by atoms with Crippen LogP contribution in [0.1, 0.15) is 20.8 Å². The number of hydrogen-bond acceptors (Lipinski definition) is 4. The molecule has 0 amide bonds. The molecule has 1 rings (SSSR count). The molecule has 0 aliphatic rings. The normalized spacial score (nSPS) is 11.3. The van der Waals surface area contributed by atoms with Crippen molar-refractivity contribution in [3.8, 4) is 5.75 Å². The number of nitro benzene ring substituents is 1. The standard InChI is InChI=1S/C12H16FNO4/c1-12(2,3)18-8-7-17-10-6-4-5-9(13)11(10)14(15)16/h4-6H,7-8H2,1-3H3. The highest BCUT2D eigenvalue weighted by Gasteiger charge is 2.21. The second-order valence-electron chi connectivity index (χ2n) is 4.65. The predicted octanol–water partition coefficient (Wildman–Crippen LogP) is 2.93. The minimum atomic E-state index is -0.908. The van der Waals surface area contributed by atoms with E-state index in [1.807, 2.05) is 20.8 Å². The summed E-state index contributed by atoms with van der Waals surface area (Å²) < 4.78 is 23.8. The maximum Gasteiger partial charge on any atom is 0.346 e. The molecule has 0 aliphatic carbocycles. The average Bonchev–Trinajstić information content (AvgIpc) is 2.22. The van der Waals surface area contributed by atoms with E-state index in [1.165, 1.54) is 12.1 Å². The smallest absolute Gasteiger partial charge is 0.346 e. The lowest BCUT2D eigenvalue weighted by molar-refractivity contribution is -0.388. The van der Waals surface area contributed by atoms with Gasteiger partial charge in [-0.05, 0) is 32.9 Å². The third-order valence-electron chi connectivity index (χ3n) is 2.01. The number of ether oxygens (including phenoxy) is 2. The number of nitro groups is 1. The molecular weight excluding hydrogens is 241 g/mol. The maximum absolute atomic E-state index is 13.2. The molecule has 1 aromatic rings. The molecule has 100 valence electrons. The molecule has 0 bridgehead atoms. The summed E-state index contributed by atoms with van der Waals surface area (Å²) in [6.45, 7) is 6.06. The van der Waals surface area contributed by atoms with Gasteiger partial charge in [-0.15, -0.1) is 0 Å². The van der Waals surface area contributed by atoms with E-state index in [9.17, 15) is 14.5 Å². The van der Waals surface area contributed by atoms with Crippen molar-refractivity contribution in [3.63, 3.8) is 0 Å². The molecule has 0 aliphatic heterocycles. The zero-order chi connectivity index (χ0) is 13.8.